The van der Waals surface area contributed by atoms with Crippen molar-refractivity contribution in [3.8, 4) is 11.6 Å². The number of hydrogen-bond acceptors (Lipinski definition) is 16. The van der Waals surface area contributed by atoms with E-state index >= 15 is 0 Å². The van der Waals surface area contributed by atoms with Crippen molar-refractivity contribution in [2.24, 2.45) is 34.6 Å². The van der Waals surface area contributed by atoms with Crippen LogP contribution in [0.2, 0.25) is 0 Å². The summed E-state index contributed by atoms with van der Waals surface area (Å²) in [5.74, 6) is -0.314. The van der Waals surface area contributed by atoms with Crippen LogP contribution in [-0.2, 0) is 30.0 Å². The van der Waals surface area contributed by atoms with Crippen LogP contribution in [0, 0.1) is 6.92 Å². The van der Waals surface area contributed by atoms with E-state index in [0.29, 0.717) is 17.8 Å². The van der Waals surface area contributed by atoms with Gasteiger partial charge < -0.3 is 16.2 Å². The predicted molar refractivity (Wildman–Crippen MR) is 165 cm³/mol. The molecule has 0 aliphatic heterocycles. The Morgan fingerprint density at radius 2 is 1.40 bits per heavy atom. The van der Waals surface area contributed by atoms with Crippen LogP contribution in [-0.4, -0.2) is 74.2 Å². The Morgan fingerprint density at radius 1 is 0.851 bits per heavy atom. The number of aryl methyl sites for hydroxylation is 4. The van der Waals surface area contributed by atoms with Gasteiger partial charge in [0.15, 0.2) is 52.6 Å². The van der Waals surface area contributed by atoms with Crippen molar-refractivity contribution in [1.82, 2.24) is 49.1 Å². The largest absolute Gasteiger partial charge is 0.465 e. The highest BCUT2D eigenvalue weighted by Gasteiger charge is 2.22. The number of methoxy groups -OCH3 is 1. The SMILES string of the molecule is CCCCc1nn(-c2cnc(-n3nc(C)c(N=Nc4c(C(=O)OC)cnn4C)c3N)cn2)c(N)c1N=Nc1c(C(=O)C=O)cnn1C. The van der Waals surface area contributed by atoms with E-state index in [2.05, 4.69) is 50.8 Å². The van der Waals surface area contributed by atoms with Crippen LogP contribution in [0.5, 0.6) is 0 Å². The summed E-state index contributed by atoms with van der Waals surface area (Å²) in [6.07, 6.45) is 7.85. The molecule has 4 N–H and O–H groups in total. The number of ketones is 1. The number of nitrogens with two attached hydrogens (primary N) is 2. The third-order valence-corrected chi connectivity index (χ3v) is 6.94. The van der Waals surface area contributed by atoms with Gasteiger partial charge in [-0.3, -0.25) is 9.59 Å². The molecule has 20 nitrogen and oxygen atoms in total. The van der Waals surface area contributed by atoms with Crippen molar-refractivity contribution in [2.45, 2.75) is 33.1 Å². The summed E-state index contributed by atoms with van der Waals surface area (Å²) in [5, 5.41) is 33.9. The van der Waals surface area contributed by atoms with Gasteiger partial charge in [-0.25, -0.2) is 24.1 Å². The summed E-state index contributed by atoms with van der Waals surface area (Å²) < 4.78 is 10.2. The van der Waals surface area contributed by atoms with Gasteiger partial charge in [0.05, 0.1) is 48.8 Å². The normalized spacial score (nSPS) is 11.6. The van der Waals surface area contributed by atoms with Crippen LogP contribution in [0.1, 0.15) is 51.9 Å². The van der Waals surface area contributed by atoms with Gasteiger partial charge in [0, 0.05) is 14.1 Å². The first-order chi connectivity index (χ1) is 22.6. The fourth-order valence-electron chi connectivity index (χ4n) is 4.42. The minimum absolute atomic E-state index is 0.00876. The zero-order chi connectivity index (χ0) is 33.8. The molecule has 0 unspecified atom stereocenters. The minimum Gasteiger partial charge on any atom is -0.465 e. The molecular weight excluding hydrogens is 612 g/mol. The molecule has 20 heteroatoms. The second-order valence-electron chi connectivity index (χ2n) is 10.0. The number of ether oxygens (including phenoxy) is 1. The number of esters is 1. The molecule has 242 valence electrons. The molecule has 0 aliphatic carbocycles. The maximum Gasteiger partial charge on any atom is 0.343 e. The molecule has 0 aromatic carbocycles. The standard InChI is InChI=1S/C27H30N16O4/c1-6-7-8-17-22(35-36-25-15(18(45)13-44)9-32-40(25)3)24(29)43(39-17)20-12-30-19(11-31-20)42-23(28)21(14(2)38-42)34-37-26-16(27(46)47-5)10-33-41(26)4/h9-13H,6-8,28-29H2,1-5H3. The quantitative estimate of drug-likeness (QED) is 0.0654. The van der Waals surface area contributed by atoms with E-state index in [9.17, 15) is 14.4 Å². The summed E-state index contributed by atoms with van der Waals surface area (Å²) in [7, 11) is 4.43. The number of aldehydes is 1. The van der Waals surface area contributed by atoms with Gasteiger partial charge in [0.25, 0.3) is 0 Å². The molecule has 0 atom stereocenters. The number of anilines is 2. The van der Waals surface area contributed by atoms with Crippen molar-refractivity contribution >= 4 is 52.7 Å². The zero-order valence-electron chi connectivity index (χ0n) is 26.1. The first-order valence-electron chi connectivity index (χ1n) is 14.1. The van der Waals surface area contributed by atoms with Crippen molar-refractivity contribution < 1.29 is 19.1 Å². The maximum absolute atomic E-state index is 12.1. The number of Topliss-reactive ketones (excluding diaryl/α,β-unsaturated/α-hetero) is 1. The summed E-state index contributed by atoms with van der Waals surface area (Å²) in [6.45, 7) is 3.72. The third-order valence-electron chi connectivity index (χ3n) is 6.94. The van der Waals surface area contributed by atoms with E-state index in [1.807, 2.05) is 6.92 Å². The lowest BCUT2D eigenvalue weighted by molar-refractivity contribution is -0.104. The lowest BCUT2D eigenvalue weighted by atomic mass is 10.2. The first kappa shape index (κ1) is 31.9. The van der Waals surface area contributed by atoms with Gasteiger partial charge >= 0.3 is 5.97 Å². The third kappa shape index (κ3) is 6.10. The number of nitrogens with zero attached hydrogens (tertiary/aromatic N) is 14. The van der Waals surface area contributed by atoms with E-state index in [1.165, 1.54) is 50.6 Å². The van der Waals surface area contributed by atoms with Crippen molar-refractivity contribution in [1.29, 1.82) is 0 Å². The molecule has 0 saturated heterocycles. The Bertz CT molecular complexity index is 2030. The van der Waals surface area contributed by atoms with Gasteiger partial charge in [-0.15, -0.1) is 20.5 Å². The Morgan fingerprint density at radius 3 is 1.98 bits per heavy atom. The van der Waals surface area contributed by atoms with E-state index < -0.39 is 11.8 Å². The minimum atomic E-state index is -0.776. The average Bonchev–Trinajstić information content (AvgIpc) is 3.80. The highest BCUT2D eigenvalue weighted by Crippen LogP contribution is 2.33. The zero-order valence-corrected chi connectivity index (χ0v) is 26.1. The lowest BCUT2D eigenvalue weighted by Gasteiger charge is -2.05. The van der Waals surface area contributed by atoms with E-state index in [1.54, 1.807) is 21.0 Å². The van der Waals surface area contributed by atoms with Crippen LogP contribution in [0.4, 0.5) is 34.6 Å². The van der Waals surface area contributed by atoms with Crippen LogP contribution in [0.3, 0.4) is 0 Å². The maximum atomic E-state index is 12.1. The average molecular weight is 643 g/mol. The number of nitrogen functional groups attached to an aromatic ring is 2. The molecule has 5 heterocycles. The Balaban J connectivity index is 1.45. The lowest BCUT2D eigenvalue weighted by Crippen LogP contribution is -2.08. The summed E-state index contributed by atoms with van der Waals surface area (Å²) in [5.41, 5.74) is 14.5. The molecule has 0 radical (unpaired) electrons. The molecule has 0 spiro atoms. The molecule has 0 saturated carbocycles. The topological polar surface area (TPSA) is 259 Å². The van der Waals surface area contributed by atoms with Gasteiger partial charge in [0.1, 0.15) is 5.56 Å². The summed E-state index contributed by atoms with van der Waals surface area (Å²) >= 11 is 0. The highest BCUT2D eigenvalue weighted by atomic mass is 16.5. The molecule has 5 aromatic heterocycles. The fraction of sp³-hybridized carbons (Fsp3) is 0.296. The fourth-order valence-corrected chi connectivity index (χ4v) is 4.42. The van der Waals surface area contributed by atoms with Gasteiger partial charge in [0.2, 0.25) is 5.78 Å². The predicted octanol–water partition coefficient (Wildman–Crippen LogP) is 3.13. The van der Waals surface area contributed by atoms with Crippen LogP contribution in [0.25, 0.3) is 11.6 Å². The Hall–Kier alpha value is -6.47. The van der Waals surface area contributed by atoms with Crippen LogP contribution in [0.15, 0.2) is 45.2 Å². The molecule has 0 aliphatic rings. The number of unbranched alkanes of at least 4 members (excludes halogenated alkanes) is 1. The highest BCUT2D eigenvalue weighted by molar-refractivity contribution is 6.34. The smallest absolute Gasteiger partial charge is 0.343 e. The Labute approximate surface area is 266 Å². The van der Waals surface area contributed by atoms with Gasteiger partial charge in [-0.2, -0.15) is 29.8 Å². The number of carbonyl (C=O) groups excluding carboxylic acids is 3. The molecule has 5 rings (SSSR count). The number of carbonyl (C=O) groups is 3. The molecular formula is C27H30N16O4. The van der Waals surface area contributed by atoms with Crippen molar-refractivity contribution in [2.75, 3.05) is 18.6 Å². The van der Waals surface area contributed by atoms with E-state index in [0.717, 1.165) is 12.8 Å². The monoisotopic (exact) mass is 642 g/mol. The van der Waals surface area contributed by atoms with Gasteiger partial charge in [-0.1, -0.05) is 13.3 Å². The number of aromatic nitrogens is 10. The Kier molecular flexibility index (Phi) is 9.01. The second-order valence-corrected chi connectivity index (χ2v) is 10.0. The molecule has 0 fully saturated rings. The van der Waals surface area contributed by atoms with E-state index in [4.69, 9.17) is 16.2 Å². The van der Waals surface area contributed by atoms with Crippen molar-refractivity contribution in [3.05, 3.63) is 47.3 Å². The van der Waals surface area contributed by atoms with Crippen LogP contribution >= 0.6 is 0 Å². The van der Waals surface area contributed by atoms with Crippen molar-refractivity contribution in [3.63, 3.8) is 0 Å². The first-order valence-corrected chi connectivity index (χ1v) is 14.1. The number of azo groups is 2. The molecule has 0 bridgehead atoms. The second kappa shape index (κ2) is 13.3. The van der Waals surface area contributed by atoms with Gasteiger partial charge in [-0.05, 0) is 19.8 Å². The van der Waals surface area contributed by atoms with E-state index in [-0.39, 0.29) is 63.7 Å². The van der Waals surface area contributed by atoms with Crippen LogP contribution < -0.4 is 11.5 Å². The number of rotatable bonds is 12. The number of hydrogen-bond donors (Lipinski definition) is 2. The molecule has 0 amide bonds. The summed E-state index contributed by atoms with van der Waals surface area (Å²) in [6, 6.07) is 0. The summed E-state index contributed by atoms with van der Waals surface area (Å²) in [4.78, 5) is 44.0. The molecule has 5 aromatic rings. The molecule has 47 heavy (non-hydrogen) atoms.